The van der Waals surface area contributed by atoms with Crippen molar-refractivity contribution < 1.29 is 4.74 Å². The van der Waals surface area contributed by atoms with Crippen LogP contribution in [0.1, 0.15) is 17.2 Å². The summed E-state index contributed by atoms with van der Waals surface area (Å²) in [5.41, 5.74) is 3.78. The minimum Gasteiger partial charge on any atom is -0.495 e. The van der Waals surface area contributed by atoms with Crippen LogP contribution in [0.15, 0.2) is 42.5 Å². The topological polar surface area (TPSA) is 21.3 Å². The average molecular weight is 260 g/mol. The first-order valence-electron chi connectivity index (χ1n) is 5.96. The number of methoxy groups -OCH3 is 1. The Morgan fingerprint density at radius 1 is 1.22 bits per heavy atom. The van der Waals surface area contributed by atoms with Gasteiger partial charge in [0.1, 0.15) is 5.75 Å². The number of ether oxygens (including phenoxy) is 1. The Kier molecular flexibility index (Phi) is 2.88. The minimum atomic E-state index is 0.300. The molecule has 2 nitrogen and oxygen atoms in total. The normalized spacial score (nSPS) is 17.1. The average Bonchev–Trinajstić information content (AvgIpc) is 2.83. The molecule has 0 spiro atoms. The Morgan fingerprint density at radius 2 is 2.06 bits per heavy atom. The molecular formula is C15H14ClNO. The lowest BCUT2D eigenvalue weighted by molar-refractivity contribution is 0.414. The van der Waals surface area contributed by atoms with Crippen LogP contribution in [0.3, 0.4) is 0 Å². The van der Waals surface area contributed by atoms with E-state index >= 15 is 0 Å². The SMILES string of the molecule is COc1cc(C2Cc3ccccc3N2)ccc1Cl. The largest absolute Gasteiger partial charge is 0.495 e. The molecule has 0 aromatic heterocycles. The van der Waals surface area contributed by atoms with Crippen molar-refractivity contribution in [2.24, 2.45) is 0 Å². The smallest absolute Gasteiger partial charge is 0.137 e. The summed E-state index contributed by atoms with van der Waals surface area (Å²) in [4.78, 5) is 0. The number of anilines is 1. The second-order valence-corrected chi connectivity index (χ2v) is 4.86. The van der Waals surface area contributed by atoms with Crippen LogP contribution >= 0.6 is 11.6 Å². The minimum absolute atomic E-state index is 0.300. The molecule has 1 aliphatic rings. The Hall–Kier alpha value is -1.67. The highest BCUT2D eigenvalue weighted by molar-refractivity contribution is 6.32. The summed E-state index contributed by atoms with van der Waals surface area (Å²) in [6.45, 7) is 0. The predicted molar refractivity (Wildman–Crippen MR) is 74.5 cm³/mol. The third-order valence-electron chi connectivity index (χ3n) is 3.35. The molecule has 1 aliphatic heterocycles. The molecular weight excluding hydrogens is 246 g/mol. The number of fused-ring (bicyclic) bond motifs is 1. The first kappa shape index (κ1) is 11.4. The van der Waals surface area contributed by atoms with Gasteiger partial charge in [-0.1, -0.05) is 35.9 Å². The monoisotopic (exact) mass is 259 g/mol. The van der Waals surface area contributed by atoms with E-state index in [1.54, 1.807) is 7.11 Å². The molecule has 3 heteroatoms. The molecule has 0 bridgehead atoms. The van der Waals surface area contributed by atoms with Gasteiger partial charge < -0.3 is 10.1 Å². The van der Waals surface area contributed by atoms with Gasteiger partial charge in [-0.25, -0.2) is 0 Å². The highest BCUT2D eigenvalue weighted by Crippen LogP contribution is 2.36. The van der Waals surface area contributed by atoms with E-state index in [9.17, 15) is 0 Å². The molecule has 1 atom stereocenters. The molecule has 0 saturated heterocycles. The second kappa shape index (κ2) is 4.54. The fourth-order valence-corrected chi connectivity index (χ4v) is 2.59. The highest BCUT2D eigenvalue weighted by Gasteiger charge is 2.22. The van der Waals surface area contributed by atoms with Crippen LogP contribution in [-0.2, 0) is 6.42 Å². The van der Waals surface area contributed by atoms with Crippen molar-refractivity contribution >= 4 is 17.3 Å². The van der Waals surface area contributed by atoms with Crippen molar-refractivity contribution in [2.75, 3.05) is 12.4 Å². The standard InChI is InChI=1S/C15H14ClNO/c1-18-15-9-11(6-7-12(15)16)14-8-10-4-2-3-5-13(10)17-14/h2-7,9,14,17H,8H2,1H3. The van der Waals surface area contributed by atoms with Crippen molar-refractivity contribution in [3.8, 4) is 5.75 Å². The lowest BCUT2D eigenvalue weighted by atomic mass is 10.0. The van der Waals surface area contributed by atoms with Crippen molar-refractivity contribution in [2.45, 2.75) is 12.5 Å². The Labute approximate surface area is 112 Å². The number of hydrogen-bond donors (Lipinski definition) is 1. The summed E-state index contributed by atoms with van der Waals surface area (Å²) in [5, 5.41) is 4.17. The maximum absolute atomic E-state index is 6.05. The summed E-state index contributed by atoms with van der Waals surface area (Å²) in [5.74, 6) is 0.729. The van der Waals surface area contributed by atoms with Crippen LogP contribution in [-0.4, -0.2) is 7.11 Å². The number of para-hydroxylation sites is 1. The molecule has 0 amide bonds. The molecule has 3 rings (SSSR count). The van der Waals surface area contributed by atoms with Gasteiger partial charge in [-0.15, -0.1) is 0 Å². The first-order chi connectivity index (χ1) is 8.78. The molecule has 18 heavy (non-hydrogen) atoms. The number of halogens is 1. The van der Waals surface area contributed by atoms with E-state index in [4.69, 9.17) is 16.3 Å². The molecule has 0 fully saturated rings. The zero-order valence-corrected chi connectivity index (χ0v) is 10.9. The van der Waals surface area contributed by atoms with Gasteiger partial charge in [-0.05, 0) is 35.7 Å². The molecule has 2 aromatic carbocycles. The van der Waals surface area contributed by atoms with Crippen molar-refractivity contribution in [1.82, 2.24) is 0 Å². The van der Waals surface area contributed by atoms with E-state index in [-0.39, 0.29) is 0 Å². The summed E-state index contributed by atoms with van der Waals surface area (Å²) >= 11 is 6.05. The summed E-state index contributed by atoms with van der Waals surface area (Å²) in [7, 11) is 1.64. The maximum atomic E-state index is 6.05. The molecule has 1 N–H and O–H groups in total. The van der Waals surface area contributed by atoms with Crippen LogP contribution < -0.4 is 10.1 Å². The number of benzene rings is 2. The maximum Gasteiger partial charge on any atom is 0.137 e. The van der Waals surface area contributed by atoms with Crippen LogP contribution in [0.5, 0.6) is 5.75 Å². The fraction of sp³-hybridized carbons (Fsp3) is 0.200. The molecule has 1 heterocycles. The molecule has 2 aromatic rings. The van der Waals surface area contributed by atoms with Gasteiger partial charge in [-0.2, -0.15) is 0 Å². The zero-order chi connectivity index (χ0) is 12.5. The Bertz CT molecular complexity index is 557. The number of rotatable bonds is 2. The summed E-state index contributed by atoms with van der Waals surface area (Å²) in [6, 6.07) is 14.6. The van der Waals surface area contributed by atoms with Crippen LogP contribution in [0.4, 0.5) is 5.69 Å². The van der Waals surface area contributed by atoms with E-state index in [0.717, 1.165) is 12.2 Å². The first-order valence-corrected chi connectivity index (χ1v) is 6.33. The summed E-state index contributed by atoms with van der Waals surface area (Å²) in [6.07, 6.45) is 1.00. The third-order valence-corrected chi connectivity index (χ3v) is 3.66. The predicted octanol–water partition coefficient (Wildman–Crippen LogP) is 4.06. The third kappa shape index (κ3) is 1.93. The molecule has 0 saturated carbocycles. The zero-order valence-electron chi connectivity index (χ0n) is 10.1. The number of nitrogens with one attached hydrogen (secondary N) is 1. The van der Waals surface area contributed by atoms with Crippen LogP contribution in [0.25, 0.3) is 0 Å². The van der Waals surface area contributed by atoms with Gasteiger partial charge in [0.2, 0.25) is 0 Å². The molecule has 0 radical (unpaired) electrons. The van der Waals surface area contributed by atoms with E-state index in [2.05, 4.69) is 35.6 Å². The van der Waals surface area contributed by atoms with Gasteiger partial charge in [0.25, 0.3) is 0 Å². The quantitative estimate of drug-likeness (QED) is 0.878. The second-order valence-electron chi connectivity index (χ2n) is 4.45. The molecule has 92 valence electrons. The van der Waals surface area contributed by atoms with Crippen LogP contribution in [0.2, 0.25) is 5.02 Å². The van der Waals surface area contributed by atoms with Gasteiger partial charge >= 0.3 is 0 Å². The lowest BCUT2D eigenvalue weighted by Gasteiger charge is -2.13. The van der Waals surface area contributed by atoms with E-state index in [1.807, 2.05) is 12.1 Å². The van der Waals surface area contributed by atoms with Crippen molar-refractivity contribution in [3.05, 3.63) is 58.6 Å². The highest BCUT2D eigenvalue weighted by atomic mass is 35.5. The number of hydrogen-bond acceptors (Lipinski definition) is 2. The van der Waals surface area contributed by atoms with E-state index in [0.29, 0.717) is 11.1 Å². The van der Waals surface area contributed by atoms with E-state index < -0.39 is 0 Å². The van der Waals surface area contributed by atoms with Gasteiger partial charge in [0, 0.05) is 5.69 Å². The van der Waals surface area contributed by atoms with Gasteiger partial charge in [0.15, 0.2) is 0 Å². The molecule has 1 unspecified atom stereocenters. The van der Waals surface area contributed by atoms with Crippen molar-refractivity contribution in [3.63, 3.8) is 0 Å². The van der Waals surface area contributed by atoms with Crippen LogP contribution in [0, 0.1) is 0 Å². The lowest BCUT2D eigenvalue weighted by Crippen LogP contribution is -2.05. The summed E-state index contributed by atoms with van der Waals surface area (Å²) < 4.78 is 5.26. The van der Waals surface area contributed by atoms with E-state index in [1.165, 1.54) is 16.8 Å². The molecule has 0 aliphatic carbocycles. The fourth-order valence-electron chi connectivity index (χ4n) is 2.39. The Morgan fingerprint density at radius 3 is 2.83 bits per heavy atom. The van der Waals surface area contributed by atoms with Crippen molar-refractivity contribution in [1.29, 1.82) is 0 Å². The van der Waals surface area contributed by atoms with Gasteiger partial charge in [-0.3, -0.25) is 0 Å². The Balaban J connectivity index is 1.90. The van der Waals surface area contributed by atoms with Gasteiger partial charge in [0.05, 0.1) is 18.2 Å².